The Morgan fingerprint density at radius 2 is 2.17 bits per heavy atom. The predicted molar refractivity (Wildman–Crippen MR) is 89.4 cm³/mol. The first-order valence-corrected chi connectivity index (χ1v) is 10.1. The van der Waals surface area contributed by atoms with Crippen LogP contribution >= 0.6 is 0 Å². The third-order valence-corrected chi connectivity index (χ3v) is 6.31. The highest BCUT2D eigenvalue weighted by molar-refractivity contribution is 7.91. The molecule has 0 saturated carbocycles. The topological polar surface area (TPSA) is 96.0 Å². The largest absolute Gasteiger partial charge is 0.383 e. The molecule has 2 heterocycles. The second-order valence-electron chi connectivity index (χ2n) is 6.73. The second kappa shape index (κ2) is 7.69. The number of hydrogen-bond acceptors (Lipinski definition) is 5. The number of hydrogen-bond donors (Lipinski definition) is 1. The molecule has 0 radical (unpaired) electrons. The molecule has 0 bridgehead atoms. The first-order valence-electron chi connectivity index (χ1n) is 8.29. The van der Waals surface area contributed by atoms with E-state index in [0.29, 0.717) is 26.1 Å². The molecule has 2 unspecified atom stereocenters. The molecular weight excluding hydrogens is 334 g/mol. The van der Waals surface area contributed by atoms with Crippen LogP contribution in [0.15, 0.2) is 0 Å². The Morgan fingerprint density at radius 1 is 1.46 bits per heavy atom. The van der Waals surface area contributed by atoms with Crippen LogP contribution in [0.3, 0.4) is 0 Å². The summed E-state index contributed by atoms with van der Waals surface area (Å²) in [5.41, 5.74) is 0. The number of ether oxygens (including phenoxy) is 1. The average Bonchev–Trinajstić information content (AvgIpc) is 3.02. The number of urea groups is 1. The van der Waals surface area contributed by atoms with E-state index < -0.39 is 9.84 Å². The lowest BCUT2D eigenvalue weighted by atomic mass is 10.2. The number of sulfone groups is 1. The molecule has 2 aliphatic rings. The zero-order chi connectivity index (χ0) is 17.9. The van der Waals surface area contributed by atoms with E-state index in [1.54, 1.807) is 4.90 Å². The van der Waals surface area contributed by atoms with Gasteiger partial charge in [-0.2, -0.15) is 0 Å². The van der Waals surface area contributed by atoms with Gasteiger partial charge in [-0.05, 0) is 20.3 Å². The highest BCUT2D eigenvalue weighted by Crippen LogP contribution is 2.19. The summed E-state index contributed by atoms with van der Waals surface area (Å²) in [5, 5.41) is 2.88. The Balaban J connectivity index is 1.99. The molecule has 3 amide bonds. The number of carbonyl (C=O) groups is 2. The van der Waals surface area contributed by atoms with Gasteiger partial charge in [0.1, 0.15) is 0 Å². The maximum absolute atomic E-state index is 12.6. The van der Waals surface area contributed by atoms with E-state index in [4.69, 9.17) is 4.74 Å². The smallest absolute Gasteiger partial charge is 0.318 e. The summed E-state index contributed by atoms with van der Waals surface area (Å²) in [6.45, 7) is 5.04. The summed E-state index contributed by atoms with van der Waals surface area (Å²) < 4.78 is 28.4. The van der Waals surface area contributed by atoms with E-state index in [1.807, 2.05) is 13.8 Å². The lowest BCUT2D eigenvalue weighted by Gasteiger charge is -2.29. The fourth-order valence-corrected chi connectivity index (χ4v) is 4.98. The fourth-order valence-electron chi connectivity index (χ4n) is 3.25. The average molecular weight is 361 g/mol. The minimum Gasteiger partial charge on any atom is -0.383 e. The monoisotopic (exact) mass is 361 g/mol. The standard InChI is InChI=1S/C15H27N3O5S/c1-11(2)18-9-12(8-14(18)19)16-15(20)17(5-6-23-3)13-4-7-24(21,22)10-13/h11-13H,4-10H2,1-3H3,(H,16,20). The number of nitrogens with zero attached hydrogens (tertiary/aromatic N) is 2. The molecule has 0 aromatic carbocycles. The molecule has 0 spiro atoms. The van der Waals surface area contributed by atoms with Crippen LogP contribution in [0.5, 0.6) is 0 Å². The Morgan fingerprint density at radius 3 is 2.67 bits per heavy atom. The number of likely N-dealkylation sites (tertiary alicyclic amines) is 1. The van der Waals surface area contributed by atoms with Crippen LogP contribution in [0, 0.1) is 0 Å². The van der Waals surface area contributed by atoms with Gasteiger partial charge in [0.2, 0.25) is 5.91 Å². The number of nitrogens with one attached hydrogen (secondary N) is 1. The van der Waals surface area contributed by atoms with Crippen LogP contribution in [0.1, 0.15) is 26.7 Å². The third kappa shape index (κ3) is 4.60. The normalized spacial score (nSPS) is 26.2. The molecule has 9 heteroatoms. The van der Waals surface area contributed by atoms with Crippen LogP contribution in [-0.4, -0.2) is 86.6 Å². The van der Waals surface area contributed by atoms with Gasteiger partial charge in [0.15, 0.2) is 9.84 Å². The van der Waals surface area contributed by atoms with Gasteiger partial charge in [0, 0.05) is 38.7 Å². The van der Waals surface area contributed by atoms with E-state index in [9.17, 15) is 18.0 Å². The first kappa shape index (κ1) is 19.0. The van der Waals surface area contributed by atoms with Gasteiger partial charge < -0.3 is 19.9 Å². The summed E-state index contributed by atoms with van der Waals surface area (Å²) >= 11 is 0. The zero-order valence-corrected chi connectivity index (χ0v) is 15.3. The first-order chi connectivity index (χ1) is 11.2. The number of carbonyl (C=O) groups excluding carboxylic acids is 2. The Bertz CT molecular complexity index is 578. The van der Waals surface area contributed by atoms with Crippen molar-refractivity contribution < 1.29 is 22.7 Å². The molecule has 1 N–H and O–H groups in total. The summed E-state index contributed by atoms with van der Waals surface area (Å²) in [5.74, 6) is 0.130. The Hall–Kier alpha value is -1.35. The molecule has 0 aromatic heterocycles. The molecule has 138 valence electrons. The molecule has 2 aliphatic heterocycles. The van der Waals surface area contributed by atoms with Crippen molar-refractivity contribution in [3.8, 4) is 0 Å². The van der Waals surface area contributed by atoms with Crippen molar-refractivity contribution in [2.24, 2.45) is 0 Å². The van der Waals surface area contributed by atoms with Crippen LogP contribution < -0.4 is 5.32 Å². The van der Waals surface area contributed by atoms with Crippen LogP contribution in [0.2, 0.25) is 0 Å². The third-order valence-electron chi connectivity index (χ3n) is 4.56. The van der Waals surface area contributed by atoms with Crippen LogP contribution in [-0.2, 0) is 19.4 Å². The second-order valence-corrected chi connectivity index (χ2v) is 8.96. The van der Waals surface area contributed by atoms with Gasteiger partial charge in [0.25, 0.3) is 0 Å². The summed E-state index contributed by atoms with van der Waals surface area (Å²) in [6, 6.07) is -0.791. The highest BCUT2D eigenvalue weighted by Gasteiger charge is 2.37. The minimum atomic E-state index is -3.08. The molecule has 2 fully saturated rings. The van der Waals surface area contributed by atoms with E-state index in [-0.39, 0.29) is 48.0 Å². The van der Waals surface area contributed by atoms with Crippen molar-refractivity contribution in [2.75, 3.05) is 38.3 Å². The van der Waals surface area contributed by atoms with E-state index in [2.05, 4.69) is 5.32 Å². The van der Waals surface area contributed by atoms with Gasteiger partial charge in [-0.3, -0.25) is 4.79 Å². The number of methoxy groups -OCH3 is 1. The fraction of sp³-hybridized carbons (Fsp3) is 0.867. The van der Waals surface area contributed by atoms with Crippen molar-refractivity contribution in [3.63, 3.8) is 0 Å². The molecule has 0 aromatic rings. The zero-order valence-electron chi connectivity index (χ0n) is 14.5. The molecule has 24 heavy (non-hydrogen) atoms. The van der Waals surface area contributed by atoms with Gasteiger partial charge >= 0.3 is 6.03 Å². The SMILES string of the molecule is COCCN(C(=O)NC1CC(=O)N(C(C)C)C1)C1CCS(=O)(=O)C1. The van der Waals surface area contributed by atoms with Crippen molar-refractivity contribution in [1.82, 2.24) is 15.1 Å². The lowest BCUT2D eigenvalue weighted by Crippen LogP contribution is -2.51. The van der Waals surface area contributed by atoms with Gasteiger partial charge in [-0.15, -0.1) is 0 Å². The van der Waals surface area contributed by atoms with Crippen molar-refractivity contribution in [3.05, 3.63) is 0 Å². The van der Waals surface area contributed by atoms with Crippen molar-refractivity contribution in [1.29, 1.82) is 0 Å². The highest BCUT2D eigenvalue weighted by atomic mass is 32.2. The summed E-state index contributed by atoms with van der Waals surface area (Å²) in [6.07, 6.45) is 0.728. The number of amides is 3. The quantitative estimate of drug-likeness (QED) is 0.709. The predicted octanol–water partition coefficient (Wildman–Crippen LogP) is -0.159. The maximum atomic E-state index is 12.6. The minimum absolute atomic E-state index is 0.00808. The molecule has 0 aliphatic carbocycles. The molecular formula is C15H27N3O5S. The van der Waals surface area contributed by atoms with E-state index in [0.717, 1.165) is 0 Å². The van der Waals surface area contributed by atoms with Gasteiger partial charge in [0.05, 0.1) is 24.2 Å². The maximum Gasteiger partial charge on any atom is 0.318 e. The Labute approximate surface area is 143 Å². The molecule has 2 saturated heterocycles. The van der Waals surface area contributed by atoms with E-state index in [1.165, 1.54) is 12.0 Å². The lowest BCUT2D eigenvalue weighted by molar-refractivity contribution is -0.129. The molecule has 2 atom stereocenters. The van der Waals surface area contributed by atoms with Gasteiger partial charge in [-0.1, -0.05) is 0 Å². The summed E-state index contributed by atoms with van der Waals surface area (Å²) in [7, 11) is -1.54. The summed E-state index contributed by atoms with van der Waals surface area (Å²) in [4.78, 5) is 27.9. The van der Waals surface area contributed by atoms with Crippen LogP contribution in [0.25, 0.3) is 0 Å². The van der Waals surface area contributed by atoms with Crippen molar-refractivity contribution >= 4 is 21.8 Å². The van der Waals surface area contributed by atoms with Crippen molar-refractivity contribution in [2.45, 2.75) is 44.8 Å². The number of rotatable bonds is 6. The van der Waals surface area contributed by atoms with Gasteiger partial charge in [-0.25, -0.2) is 13.2 Å². The molecule has 8 nitrogen and oxygen atoms in total. The molecule has 2 rings (SSSR count). The van der Waals surface area contributed by atoms with Crippen LogP contribution in [0.4, 0.5) is 4.79 Å². The Kier molecular flexibility index (Phi) is 6.08. The van der Waals surface area contributed by atoms with E-state index >= 15 is 0 Å².